The summed E-state index contributed by atoms with van der Waals surface area (Å²) in [6.45, 7) is 4.50. The van der Waals surface area contributed by atoms with Gasteiger partial charge in [-0.05, 0) is 37.0 Å². The van der Waals surface area contributed by atoms with Gasteiger partial charge in [0.15, 0.2) is 0 Å². The Balaban J connectivity index is 2.49. The molecule has 17 heavy (non-hydrogen) atoms. The van der Waals surface area contributed by atoms with Crippen LogP contribution in [0.1, 0.15) is 37.0 Å². The average molecular weight is 259 g/mol. The molecule has 0 aliphatic heterocycles. The standard InChI is InChI=1S/C13H16ClFO2/c1-9(2)4-3-7-17-13(16)11-8-10(14)5-6-12(11)15/h5-6,8-9H,3-4,7H2,1-2H3. The number of ether oxygens (including phenoxy) is 1. The van der Waals surface area contributed by atoms with E-state index in [4.69, 9.17) is 16.3 Å². The summed E-state index contributed by atoms with van der Waals surface area (Å²) in [5, 5.41) is 0.320. The van der Waals surface area contributed by atoms with Crippen LogP contribution in [-0.4, -0.2) is 12.6 Å². The van der Waals surface area contributed by atoms with Gasteiger partial charge in [0.25, 0.3) is 0 Å². The van der Waals surface area contributed by atoms with Gasteiger partial charge in [0.05, 0.1) is 12.2 Å². The van der Waals surface area contributed by atoms with E-state index >= 15 is 0 Å². The zero-order chi connectivity index (χ0) is 12.8. The lowest BCUT2D eigenvalue weighted by atomic mass is 10.1. The normalized spacial score (nSPS) is 10.6. The van der Waals surface area contributed by atoms with Gasteiger partial charge in [-0.15, -0.1) is 0 Å². The molecule has 0 amide bonds. The molecule has 0 spiro atoms. The van der Waals surface area contributed by atoms with E-state index in [1.807, 2.05) is 0 Å². The first-order valence-electron chi connectivity index (χ1n) is 5.63. The van der Waals surface area contributed by atoms with Gasteiger partial charge in [-0.1, -0.05) is 25.4 Å². The molecule has 0 unspecified atom stereocenters. The number of halogens is 2. The van der Waals surface area contributed by atoms with Crippen molar-refractivity contribution in [1.82, 2.24) is 0 Å². The highest BCUT2D eigenvalue weighted by Crippen LogP contribution is 2.16. The minimum absolute atomic E-state index is 0.109. The van der Waals surface area contributed by atoms with E-state index in [1.165, 1.54) is 12.1 Å². The van der Waals surface area contributed by atoms with Crippen LogP contribution in [0.3, 0.4) is 0 Å². The summed E-state index contributed by atoms with van der Waals surface area (Å²) in [5.41, 5.74) is -0.109. The molecule has 0 atom stereocenters. The molecule has 0 fully saturated rings. The van der Waals surface area contributed by atoms with Crippen LogP contribution in [0.25, 0.3) is 0 Å². The van der Waals surface area contributed by atoms with E-state index in [9.17, 15) is 9.18 Å². The number of hydrogen-bond acceptors (Lipinski definition) is 2. The van der Waals surface area contributed by atoms with Gasteiger partial charge in [-0.2, -0.15) is 0 Å². The maximum absolute atomic E-state index is 13.3. The van der Waals surface area contributed by atoms with E-state index in [0.717, 1.165) is 18.9 Å². The maximum Gasteiger partial charge on any atom is 0.341 e. The van der Waals surface area contributed by atoms with Gasteiger partial charge < -0.3 is 4.74 Å². The first-order chi connectivity index (χ1) is 8.00. The Morgan fingerprint density at radius 1 is 1.47 bits per heavy atom. The van der Waals surface area contributed by atoms with Crippen molar-refractivity contribution in [3.05, 3.63) is 34.6 Å². The summed E-state index contributed by atoms with van der Waals surface area (Å²) in [4.78, 5) is 11.5. The minimum Gasteiger partial charge on any atom is -0.462 e. The molecule has 1 aromatic carbocycles. The quantitative estimate of drug-likeness (QED) is 0.588. The summed E-state index contributed by atoms with van der Waals surface area (Å²) < 4.78 is 18.3. The summed E-state index contributed by atoms with van der Waals surface area (Å²) in [5.74, 6) is -0.700. The molecule has 0 heterocycles. The van der Waals surface area contributed by atoms with Gasteiger partial charge in [0.2, 0.25) is 0 Å². The van der Waals surface area contributed by atoms with Crippen molar-refractivity contribution >= 4 is 17.6 Å². The molecule has 0 aliphatic rings. The van der Waals surface area contributed by atoms with Crippen LogP contribution < -0.4 is 0 Å². The predicted octanol–water partition coefficient (Wildman–Crippen LogP) is 4.07. The van der Waals surface area contributed by atoms with E-state index in [-0.39, 0.29) is 5.56 Å². The first-order valence-corrected chi connectivity index (χ1v) is 6.00. The Kier molecular flexibility index (Phi) is 5.42. The van der Waals surface area contributed by atoms with Crippen molar-refractivity contribution in [3.63, 3.8) is 0 Å². The monoisotopic (exact) mass is 258 g/mol. The highest BCUT2D eigenvalue weighted by molar-refractivity contribution is 6.30. The topological polar surface area (TPSA) is 26.3 Å². The lowest BCUT2D eigenvalue weighted by molar-refractivity contribution is 0.0489. The zero-order valence-corrected chi connectivity index (χ0v) is 10.8. The Labute approximate surface area is 106 Å². The molecular formula is C13H16ClFO2. The lowest BCUT2D eigenvalue weighted by Crippen LogP contribution is -2.09. The third kappa shape index (κ3) is 4.73. The van der Waals surface area contributed by atoms with Crippen LogP contribution in [0.5, 0.6) is 0 Å². The molecule has 0 radical (unpaired) electrons. The maximum atomic E-state index is 13.3. The first kappa shape index (κ1) is 14.0. The number of rotatable bonds is 5. The third-order valence-corrected chi connectivity index (χ3v) is 2.54. The van der Waals surface area contributed by atoms with Crippen LogP contribution in [0.15, 0.2) is 18.2 Å². The Morgan fingerprint density at radius 3 is 2.82 bits per heavy atom. The molecular weight excluding hydrogens is 243 g/mol. The van der Waals surface area contributed by atoms with Crippen molar-refractivity contribution in [2.24, 2.45) is 5.92 Å². The largest absolute Gasteiger partial charge is 0.462 e. The molecule has 1 aromatic rings. The second-order valence-electron chi connectivity index (χ2n) is 4.30. The molecule has 2 nitrogen and oxygen atoms in total. The van der Waals surface area contributed by atoms with Crippen molar-refractivity contribution in [2.75, 3.05) is 6.61 Å². The van der Waals surface area contributed by atoms with Crippen LogP contribution in [0, 0.1) is 11.7 Å². The van der Waals surface area contributed by atoms with E-state index < -0.39 is 11.8 Å². The highest BCUT2D eigenvalue weighted by atomic mass is 35.5. The smallest absolute Gasteiger partial charge is 0.341 e. The predicted molar refractivity (Wildman–Crippen MR) is 65.8 cm³/mol. The van der Waals surface area contributed by atoms with Gasteiger partial charge in [-0.25, -0.2) is 9.18 Å². The van der Waals surface area contributed by atoms with E-state index in [0.29, 0.717) is 17.5 Å². The van der Waals surface area contributed by atoms with Gasteiger partial charge in [-0.3, -0.25) is 0 Å². The van der Waals surface area contributed by atoms with Crippen molar-refractivity contribution in [1.29, 1.82) is 0 Å². The Hall–Kier alpha value is -1.09. The number of esters is 1. The van der Waals surface area contributed by atoms with Crippen LogP contribution in [-0.2, 0) is 4.74 Å². The lowest BCUT2D eigenvalue weighted by Gasteiger charge is -2.07. The number of carbonyl (C=O) groups excluding carboxylic acids is 1. The van der Waals surface area contributed by atoms with Crippen LogP contribution >= 0.6 is 11.6 Å². The Bertz CT molecular complexity index is 391. The van der Waals surface area contributed by atoms with Crippen molar-refractivity contribution in [3.8, 4) is 0 Å². The fourth-order valence-electron chi connectivity index (χ4n) is 1.39. The third-order valence-electron chi connectivity index (χ3n) is 2.31. The molecule has 0 aromatic heterocycles. The molecule has 0 N–H and O–H groups in total. The summed E-state index contributed by atoms with van der Waals surface area (Å²) in [7, 11) is 0. The molecule has 0 saturated heterocycles. The van der Waals surface area contributed by atoms with Crippen LogP contribution in [0.2, 0.25) is 5.02 Å². The summed E-state index contributed by atoms with van der Waals surface area (Å²) in [6, 6.07) is 3.83. The number of benzene rings is 1. The fraction of sp³-hybridized carbons (Fsp3) is 0.462. The van der Waals surface area contributed by atoms with Crippen molar-refractivity contribution < 1.29 is 13.9 Å². The zero-order valence-electron chi connectivity index (χ0n) is 10.0. The molecule has 0 aliphatic carbocycles. The highest BCUT2D eigenvalue weighted by Gasteiger charge is 2.13. The van der Waals surface area contributed by atoms with E-state index in [1.54, 1.807) is 0 Å². The molecule has 94 valence electrons. The molecule has 0 bridgehead atoms. The summed E-state index contributed by atoms with van der Waals surface area (Å²) in [6.07, 6.45) is 1.76. The minimum atomic E-state index is -0.659. The molecule has 4 heteroatoms. The number of carbonyl (C=O) groups is 1. The molecule has 1 rings (SSSR count). The van der Waals surface area contributed by atoms with E-state index in [2.05, 4.69) is 13.8 Å². The van der Waals surface area contributed by atoms with Crippen LogP contribution in [0.4, 0.5) is 4.39 Å². The van der Waals surface area contributed by atoms with Gasteiger partial charge >= 0.3 is 5.97 Å². The van der Waals surface area contributed by atoms with Gasteiger partial charge in [0, 0.05) is 5.02 Å². The second kappa shape index (κ2) is 6.60. The Morgan fingerprint density at radius 2 is 2.18 bits per heavy atom. The fourth-order valence-corrected chi connectivity index (χ4v) is 1.56. The SMILES string of the molecule is CC(C)CCCOC(=O)c1cc(Cl)ccc1F. The molecule has 0 saturated carbocycles. The van der Waals surface area contributed by atoms with Gasteiger partial charge in [0.1, 0.15) is 5.82 Å². The second-order valence-corrected chi connectivity index (χ2v) is 4.73. The average Bonchev–Trinajstić information content (AvgIpc) is 2.27. The van der Waals surface area contributed by atoms with Crippen molar-refractivity contribution in [2.45, 2.75) is 26.7 Å². The summed E-state index contributed by atoms with van der Waals surface area (Å²) >= 11 is 5.69. The number of hydrogen-bond donors (Lipinski definition) is 0.